The summed E-state index contributed by atoms with van der Waals surface area (Å²) in [6.45, 7) is 0.655. The average molecular weight is 625 g/mol. The first-order valence-electron chi connectivity index (χ1n) is 13.7. The summed E-state index contributed by atoms with van der Waals surface area (Å²) in [5.41, 5.74) is -2.49. The average Bonchev–Trinajstić information content (AvgIpc) is 2.95. The van der Waals surface area contributed by atoms with Gasteiger partial charge in [0, 0.05) is 30.9 Å². The van der Waals surface area contributed by atoms with Crippen molar-refractivity contribution in [2.75, 3.05) is 13.7 Å². The molecular formula is C33H25F9O2. The number of rotatable bonds is 8. The van der Waals surface area contributed by atoms with Gasteiger partial charge in [-0.05, 0) is 96.7 Å². The van der Waals surface area contributed by atoms with Crippen molar-refractivity contribution in [3.05, 3.63) is 113 Å². The number of hydrogen-bond acceptors (Lipinski definition) is 2. The van der Waals surface area contributed by atoms with Gasteiger partial charge in [-0.2, -0.15) is 8.78 Å². The quantitative estimate of drug-likeness (QED) is 0.144. The number of benzene rings is 4. The Balaban J connectivity index is 1.35. The van der Waals surface area contributed by atoms with Gasteiger partial charge in [0.25, 0.3) is 0 Å². The van der Waals surface area contributed by atoms with Gasteiger partial charge in [0.15, 0.2) is 17.5 Å². The molecule has 0 heterocycles. The molecule has 1 aliphatic carbocycles. The first-order chi connectivity index (χ1) is 20.9. The van der Waals surface area contributed by atoms with Crippen molar-refractivity contribution in [1.29, 1.82) is 0 Å². The van der Waals surface area contributed by atoms with Gasteiger partial charge < -0.3 is 9.47 Å². The zero-order valence-electron chi connectivity index (χ0n) is 23.2. The van der Waals surface area contributed by atoms with E-state index in [-0.39, 0.29) is 17.0 Å². The van der Waals surface area contributed by atoms with E-state index in [4.69, 9.17) is 4.74 Å². The molecule has 0 atom stereocenters. The van der Waals surface area contributed by atoms with Crippen molar-refractivity contribution in [1.82, 2.24) is 0 Å². The van der Waals surface area contributed by atoms with Crippen LogP contribution in [0.5, 0.6) is 5.75 Å². The fourth-order valence-electron chi connectivity index (χ4n) is 5.63. The summed E-state index contributed by atoms with van der Waals surface area (Å²) in [5.74, 6) is -10.8. The molecule has 1 saturated carbocycles. The molecule has 4 aromatic carbocycles. The van der Waals surface area contributed by atoms with Crippen LogP contribution in [0.3, 0.4) is 0 Å². The lowest BCUT2D eigenvalue weighted by molar-refractivity contribution is -0.189. The molecule has 232 valence electrons. The predicted octanol–water partition coefficient (Wildman–Crippen LogP) is 10.0. The maximum Gasteiger partial charge on any atom is 0.432 e. The Morgan fingerprint density at radius 2 is 1.16 bits per heavy atom. The van der Waals surface area contributed by atoms with Crippen molar-refractivity contribution in [3.8, 4) is 28.0 Å². The number of hydrogen-bond donors (Lipinski definition) is 0. The molecule has 0 unspecified atom stereocenters. The number of halogens is 9. The molecule has 0 saturated heterocycles. The van der Waals surface area contributed by atoms with Crippen LogP contribution in [0.4, 0.5) is 39.5 Å². The van der Waals surface area contributed by atoms with Crippen LogP contribution in [0, 0.1) is 46.6 Å². The lowest BCUT2D eigenvalue weighted by atomic mass is 9.78. The van der Waals surface area contributed by atoms with Crippen LogP contribution >= 0.6 is 0 Å². The smallest absolute Gasteiger partial charge is 0.429 e. The lowest BCUT2D eigenvalue weighted by Crippen LogP contribution is -2.25. The summed E-state index contributed by atoms with van der Waals surface area (Å²) in [4.78, 5) is 0. The lowest BCUT2D eigenvalue weighted by Gasteiger charge is -2.28. The van der Waals surface area contributed by atoms with Crippen molar-refractivity contribution < 1.29 is 49.0 Å². The number of ether oxygens (including phenoxy) is 2. The molecule has 0 spiro atoms. The minimum atomic E-state index is -4.65. The maximum absolute atomic E-state index is 15.1. The van der Waals surface area contributed by atoms with Gasteiger partial charge >= 0.3 is 6.11 Å². The van der Waals surface area contributed by atoms with Crippen LogP contribution in [-0.2, 0) is 10.8 Å². The summed E-state index contributed by atoms with van der Waals surface area (Å²) in [6.07, 6.45) is -1.16. The summed E-state index contributed by atoms with van der Waals surface area (Å²) in [7, 11) is 1.64. The highest BCUT2D eigenvalue weighted by Crippen LogP contribution is 2.40. The fourth-order valence-corrected chi connectivity index (χ4v) is 5.63. The Hall–Kier alpha value is -3.99. The molecule has 0 aromatic heterocycles. The molecule has 0 aliphatic heterocycles. The van der Waals surface area contributed by atoms with Gasteiger partial charge in [-0.25, -0.2) is 30.7 Å². The molecule has 5 rings (SSSR count). The topological polar surface area (TPSA) is 18.5 Å². The second-order valence-corrected chi connectivity index (χ2v) is 10.7. The minimum Gasteiger partial charge on any atom is -0.429 e. The van der Waals surface area contributed by atoms with E-state index >= 15 is 4.39 Å². The molecular weight excluding hydrogens is 599 g/mol. The molecule has 4 aromatic rings. The first kappa shape index (κ1) is 31.4. The second kappa shape index (κ2) is 12.6. The molecule has 0 bridgehead atoms. The maximum atomic E-state index is 15.1. The highest BCUT2D eigenvalue weighted by Gasteiger charge is 2.41. The molecule has 0 amide bonds. The summed E-state index contributed by atoms with van der Waals surface area (Å²) >= 11 is 0. The molecule has 1 aliphatic rings. The van der Waals surface area contributed by atoms with E-state index in [1.165, 1.54) is 12.1 Å². The summed E-state index contributed by atoms with van der Waals surface area (Å²) in [6, 6.07) is 8.38. The number of alkyl halides is 2. The molecule has 11 heteroatoms. The predicted molar refractivity (Wildman–Crippen MR) is 145 cm³/mol. The van der Waals surface area contributed by atoms with Crippen LogP contribution < -0.4 is 4.74 Å². The fraction of sp³-hybridized carbons (Fsp3) is 0.273. The molecule has 1 fully saturated rings. The van der Waals surface area contributed by atoms with Gasteiger partial charge in [0.1, 0.15) is 34.6 Å². The van der Waals surface area contributed by atoms with E-state index in [1.54, 1.807) is 13.2 Å². The van der Waals surface area contributed by atoms with Crippen LogP contribution in [0.1, 0.15) is 42.7 Å². The monoisotopic (exact) mass is 624 g/mol. The van der Waals surface area contributed by atoms with Crippen molar-refractivity contribution >= 4 is 0 Å². The minimum absolute atomic E-state index is 0.107. The van der Waals surface area contributed by atoms with E-state index in [9.17, 15) is 35.1 Å². The zero-order valence-corrected chi connectivity index (χ0v) is 23.2. The van der Waals surface area contributed by atoms with E-state index in [0.29, 0.717) is 42.9 Å². The van der Waals surface area contributed by atoms with Crippen LogP contribution in [0.25, 0.3) is 22.3 Å². The van der Waals surface area contributed by atoms with E-state index in [1.807, 2.05) is 0 Å². The standard InChI is InChI=1S/C33H25F9O2/c1-43-16-17-2-4-18(5-3-17)19-6-8-23(25(34)10-19)20-11-27(36)31(28(37)12-20)33(41,42)44-22-7-9-24(26(35)15-22)21-13-29(38)32(40)30(39)14-21/h6-15,17-18H,2-5,16H2,1H3. The third kappa shape index (κ3) is 6.43. The third-order valence-electron chi connectivity index (χ3n) is 7.84. The SMILES string of the molecule is COCC1CCC(c2ccc(-c3cc(F)c(C(F)(F)Oc4ccc(-c5cc(F)c(F)c(F)c5)c(F)c4)c(F)c3)c(F)c2)CC1. The highest BCUT2D eigenvalue weighted by atomic mass is 19.3. The van der Waals surface area contributed by atoms with E-state index < -0.39 is 69.3 Å². The third-order valence-corrected chi connectivity index (χ3v) is 7.84. The summed E-state index contributed by atoms with van der Waals surface area (Å²) in [5, 5.41) is 0. The molecule has 2 nitrogen and oxygen atoms in total. The van der Waals surface area contributed by atoms with Crippen molar-refractivity contribution in [3.63, 3.8) is 0 Å². The number of methoxy groups -OCH3 is 1. The van der Waals surface area contributed by atoms with Crippen LogP contribution in [-0.4, -0.2) is 13.7 Å². The first-order valence-corrected chi connectivity index (χ1v) is 13.7. The van der Waals surface area contributed by atoms with Gasteiger partial charge in [-0.1, -0.05) is 12.1 Å². The normalized spacial score (nSPS) is 17.1. The van der Waals surface area contributed by atoms with Crippen LogP contribution in [0.15, 0.2) is 60.7 Å². The Morgan fingerprint density at radius 3 is 1.68 bits per heavy atom. The van der Waals surface area contributed by atoms with Crippen LogP contribution in [0.2, 0.25) is 0 Å². The largest absolute Gasteiger partial charge is 0.432 e. The highest BCUT2D eigenvalue weighted by molar-refractivity contribution is 5.66. The summed E-state index contributed by atoms with van der Waals surface area (Å²) < 4.78 is 140. The Morgan fingerprint density at radius 1 is 0.636 bits per heavy atom. The Bertz CT molecular complexity index is 1630. The van der Waals surface area contributed by atoms with Gasteiger partial charge in [-0.3, -0.25) is 0 Å². The Labute approximate surface area is 247 Å². The van der Waals surface area contributed by atoms with Gasteiger partial charge in [-0.15, -0.1) is 0 Å². The second-order valence-electron chi connectivity index (χ2n) is 10.7. The zero-order chi connectivity index (χ0) is 31.8. The molecule has 0 N–H and O–H groups in total. The van der Waals surface area contributed by atoms with Crippen molar-refractivity contribution in [2.24, 2.45) is 5.92 Å². The van der Waals surface area contributed by atoms with Crippen molar-refractivity contribution in [2.45, 2.75) is 37.7 Å². The van der Waals surface area contributed by atoms with Gasteiger partial charge in [0.05, 0.1) is 0 Å². The van der Waals surface area contributed by atoms with Gasteiger partial charge in [0.2, 0.25) is 0 Å². The molecule has 44 heavy (non-hydrogen) atoms. The molecule has 0 radical (unpaired) electrons. The van der Waals surface area contributed by atoms with E-state index in [0.717, 1.165) is 43.4 Å². The van der Waals surface area contributed by atoms with E-state index in [2.05, 4.69) is 4.74 Å². The Kier molecular flexibility index (Phi) is 8.97.